The number of halogens is 2. The average Bonchev–Trinajstić information content (AvgIpc) is 2.29. The Labute approximate surface area is 111 Å². The van der Waals surface area contributed by atoms with Crippen molar-refractivity contribution in [2.24, 2.45) is 0 Å². The van der Waals surface area contributed by atoms with E-state index >= 15 is 0 Å². The quantitative estimate of drug-likeness (QED) is 0.686. The summed E-state index contributed by atoms with van der Waals surface area (Å²) in [5.41, 5.74) is 1.25. The number of aryl methyl sites for hydroxylation is 1. The van der Waals surface area contributed by atoms with Gasteiger partial charge in [0.25, 0.3) is 0 Å². The summed E-state index contributed by atoms with van der Waals surface area (Å²) in [6.07, 6.45) is 4.23. The van der Waals surface area contributed by atoms with E-state index in [1.54, 1.807) is 7.11 Å². The van der Waals surface area contributed by atoms with E-state index in [2.05, 4.69) is 28.9 Å². The van der Waals surface area contributed by atoms with Crippen LogP contribution in [0.1, 0.15) is 31.7 Å². The fourth-order valence-electron chi connectivity index (χ4n) is 1.66. The molecule has 0 aliphatic rings. The highest BCUT2D eigenvalue weighted by molar-refractivity contribution is 9.10. The van der Waals surface area contributed by atoms with Gasteiger partial charge in [-0.3, -0.25) is 0 Å². The van der Waals surface area contributed by atoms with Crippen LogP contribution in [0.3, 0.4) is 0 Å². The van der Waals surface area contributed by atoms with Crippen molar-refractivity contribution >= 4 is 27.5 Å². The fraction of sp³-hybridized carbons (Fsp3) is 0.538. The molecule has 1 atom stereocenters. The van der Waals surface area contributed by atoms with Crippen LogP contribution in [0.2, 0.25) is 0 Å². The highest BCUT2D eigenvalue weighted by Crippen LogP contribution is 2.25. The van der Waals surface area contributed by atoms with Crippen molar-refractivity contribution in [3.63, 3.8) is 0 Å². The van der Waals surface area contributed by atoms with Crippen LogP contribution in [0, 0.1) is 0 Å². The summed E-state index contributed by atoms with van der Waals surface area (Å²) in [7, 11) is 1.71. The molecular weight excluding hydrogens is 287 g/mol. The lowest BCUT2D eigenvalue weighted by Gasteiger charge is -2.10. The third-order valence-corrected chi connectivity index (χ3v) is 3.67. The number of alkyl halides is 1. The van der Waals surface area contributed by atoms with Crippen LogP contribution in [-0.4, -0.2) is 12.5 Å². The lowest BCUT2D eigenvalue weighted by atomic mass is 10.1. The summed E-state index contributed by atoms with van der Waals surface area (Å²) >= 11 is 9.57. The van der Waals surface area contributed by atoms with Gasteiger partial charge in [-0.1, -0.05) is 22.9 Å². The SMILES string of the molecule is CCC(Cl)CCCc1cc(Br)ccc1OC. The Bertz CT molecular complexity index is 328. The van der Waals surface area contributed by atoms with Crippen LogP contribution in [-0.2, 0) is 6.42 Å². The molecule has 0 spiro atoms. The third-order valence-electron chi connectivity index (χ3n) is 2.65. The van der Waals surface area contributed by atoms with Crippen LogP contribution < -0.4 is 4.74 Å². The molecule has 1 aromatic carbocycles. The van der Waals surface area contributed by atoms with Gasteiger partial charge >= 0.3 is 0 Å². The minimum atomic E-state index is 0.304. The van der Waals surface area contributed by atoms with Gasteiger partial charge < -0.3 is 4.74 Å². The number of rotatable bonds is 6. The molecule has 0 heterocycles. The zero-order valence-electron chi connectivity index (χ0n) is 9.80. The van der Waals surface area contributed by atoms with Crippen LogP contribution in [0.25, 0.3) is 0 Å². The highest BCUT2D eigenvalue weighted by atomic mass is 79.9. The van der Waals surface area contributed by atoms with Crippen LogP contribution >= 0.6 is 27.5 Å². The molecule has 0 saturated carbocycles. The second-order valence-corrected chi connectivity index (χ2v) is 5.39. The summed E-state index contributed by atoms with van der Waals surface area (Å²) in [4.78, 5) is 0. The van der Waals surface area contributed by atoms with Crippen molar-refractivity contribution in [2.75, 3.05) is 7.11 Å². The predicted octanol–water partition coefficient (Wildman–Crippen LogP) is 4.80. The van der Waals surface area contributed by atoms with Crippen LogP contribution in [0.15, 0.2) is 22.7 Å². The topological polar surface area (TPSA) is 9.23 Å². The summed E-state index contributed by atoms with van der Waals surface area (Å²) in [5, 5.41) is 0.304. The summed E-state index contributed by atoms with van der Waals surface area (Å²) in [5.74, 6) is 0.964. The minimum Gasteiger partial charge on any atom is -0.496 e. The molecule has 3 heteroatoms. The highest BCUT2D eigenvalue weighted by Gasteiger charge is 2.05. The van der Waals surface area contributed by atoms with Crippen LogP contribution in [0.5, 0.6) is 5.75 Å². The Morgan fingerprint density at radius 3 is 2.81 bits per heavy atom. The smallest absolute Gasteiger partial charge is 0.122 e. The van der Waals surface area contributed by atoms with Crippen molar-refractivity contribution < 1.29 is 4.74 Å². The van der Waals surface area contributed by atoms with Crippen molar-refractivity contribution in [1.29, 1.82) is 0 Å². The molecule has 90 valence electrons. The second-order valence-electron chi connectivity index (χ2n) is 3.85. The molecule has 0 bridgehead atoms. The Morgan fingerprint density at radius 2 is 2.19 bits per heavy atom. The second kappa shape index (κ2) is 7.18. The molecule has 0 amide bonds. The van der Waals surface area contributed by atoms with E-state index in [4.69, 9.17) is 16.3 Å². The monoisotopic (exact) mass is 304 g/mol. The zero-order valence-corrected chi connectivity index (χ0v) is 12.1. The Hall–Kier alpha value is -0.210. The molecule has 0 aliphatic carbocycles. The minimum absolute atomic E-state index is 0.304. The van der Waals surface area contributed by atoms with Gasteiger partial charge in [0.15, 0.2) is 0 Å². The molecule has 0 fully saturated rings. The van der Waals surface area contributed by atoms with E-state index in [-0.39, 0.29) is 0 Å². The van der Waals surface area contributed by atoms with Gasteiger partial charge in [-0.05, 0) is 49.4 Å². The first-order chi connectivity index (χ1) is 7.67. The molecule has 0 aliphatic heterocycles. The lowest BCUT2D eigenvalue weighted by Crippen LogP contribution is -1.98. The Balaban J connectivity index is 2.55. The molecule has 16 heavy (non-hydrogen) atoms. The molecule has 0 aromatic heterocycles. The summed E-state index contributed by atoms with van der Waals surface area (Å²) < 4.78 is 6.43. The standard InChI is InChI=1S/C13H18BrClO/c1-3-12(15)6-4-5-10-9-11(14)7-8-13(10)16-2/h7-9,12H,3-6H2,1-2H3. The van der Waals surface area contributed by atoms with Gasteiger partial charge in [-0.2, -0.15) is 0 Å². The van der Waals surface area contributed by atoms with Gasteiger partial charge in [0, 0.05) is 9.85 Å². The molecule has 0 saturated heterocycles. The van der Waals surface area contributed by atoms with E-state index in [1.807, 2.05) is 12.1 Å². The van der Waals surface area contributed by atoms with E-state index < -0.39 is 0 Å². The number of hydrogen-bond donors (Lipinski definition) is 0. The van der Waals surface area contributed by atoms with Gasteiger partial charge in [0.05, 0.1) is 7.11 Å². The van der Waals surface area contributed by atoms with E-state index in [9.17, 15) is 0 Å². The number of methoxy groups -OCH3 is 1. The maximum absolute atomic E-state index is 6.10. The maximum atomic E-state index is 6.10. The zero-order chi connectivity index (χ0) is 12.0. The van der Waals surface area contributed by atoms with Gasteiger partial charge in [-0.25, -0.2) is 0 Å². The fourth-order valence-corrected chi connectivity index (χ4v) is 2.22. The number of ether oxygens (including phenoxy) is 1. The molecule has 1 aromatic rings. The van der Waals surface area contributed by atoms with Crippen molar-refractivity contribution in [3.05, 3.63) is 28.2 Å². The molecule has 1 unspecified atom stereocenters. The molecular formula is C13H18BrClO. The number of benzene rings is 1. The van der Waals surface area contributed by atoms with Gasteiger partial charge in [-0.15, -0.1) is 11.6 Å². The maximum Gasteiger partial charge on any atom is 0.122 e. The van der Waals surface area contributed by atoms with Crippen LogP contribution in [0.4, 0.5) is 0 Å². The first-order valence-electron chi connectivity index (χ1n) is 5.63. The lowest BCUT2D eigenvalue weighted by molar-refractivity contribution is 0.408. The van der Waals surface area contributed by atoms with Gasteiger partial charge in [0.2, 0.25) is 0 Å². The summed E-state index contributed by atoms with van der Waals surface area (Å²) in [6, 6.07) is 6.12. The molecule has 0 radical (unpaired) electrons. The predicted molar refractivity (Wildman–Crippen MR) is 73.6 cm³/mol. The van der Waals surface area contributed by atoms with E-state index in [1.165, 1.54) is 5.56 Å². The Kier molecular flexibility index (Phi) is 6.22. The van der Waals surface area contributed by atoms with Crippen molar-refractivity contribution in [1.82, 2.24) is 0 Å². The largest absolute Gasteiger partial charge is 0.496 e. The third kappa shape index (κ3) is 4.34. The van der Waals surface area contributed by atoms with Gasteiger partial charge in [0.1, 0.15) is 5.75 Å². The van der Waals surface area contributed by atoms with E-state index in [0.717, 1.165) is 35.9 Å². The first kappa shape index (κ1) is 13.9. The van der Waals surface area contributed by atoms with Crippen molar-refractivity contribution in [2.45, 2.75) is 38.0 Å². The average molecular weight is 306 g/mol. The molecule has 1 nitrogen and oxygen atoms in total. The molecule has 0 N–H and O–H groups in total. The van der Waals surface area contributed by atoms with E-state index in [0.29, 0.717) is 5.38 Å². The Morgan fingerprint density at radius 1 is 1.44 bits per heavy atom. The van der Waals surface area contributed by atoms with Crippen molar-refractivity contribution in [3.8, 4) is 5.75 Å². The number of hydrogen-bond acceptors (Lipinski definition) is 1. The molecule has 1 rings (SSSR count). The first-order valence-corrected chi connectivity index (χ1v) is 6.86. The normalized spacial score (nSPS) is 12.5. The summed E-state index contributed by atoms with van der Waals surface area (Å²) in [6.45, 7) is 2.12.